The van der Waals surface area contributed by atoms with E-state index in [9.17, 15) is 0 Å². The minimum Gasteiger partial charge on any atom is -0.487 e. The third-order valence-corrected chi connectivity index (χ3v) is 3.96. The largest absolute Gasteiger partial charge is 0.487 e. The van der Waals surface area contributed by atoms with Crippen LogP contribution in [0.15, 0.2) is 66.7 Å². The summed E-state index contributed by atoms with van der Waals surface area (Å²) in [5, 5.41) is 2.28. The number of aromatic nitrogens is 2. The van der Waals surface area contributed by atoms with E-state index in [1.54, 1.807) is 0 Å². The van der Waals surface area contributed by atoms with Crippen molar-refractivity contribution < 1.29 is 4.74 Å². The lowest BCUT2D eigenvalue weighted by Gasteiger charge is -2.11. The summed E-state index contributed by atoms with van der Waals surface area (Å²) in [5.41, 5.74) is 3.59. The molecule has 0 amide bonds. The lowest BCUT2D eigenvalue weighted by atomic mass is 10.1. The molecule has 3 nitrogen and oxygen atoms in total. The molecule has 0 aliphatic carbocycles. The molecule has 0 spiro atoms. The zero-order valence-corrected chi connectivity index (χ0v) is 12.9. The number of para-hydroxylation sites is 2. The highest BCUT2D eigenvalue weighted by Crippen LogP contribution is 2.26. The van der Waals surface area contributed by atoms with Crippen LogP contribution < -0.4 is 4.74 Å². The molecular weight excluding hydrogens is 284 g/mol. The molecule has 0 saturated carbocycles. The Hall–Kier alpha value is -2.94. The van der Waals surface area contributed by atoms with Crippen LogP contribution in [0.25, 0.3) is 21.8 Å². The summed E-state index contributed by atoms with van der Waals surface area (Å²) in [6.45, 7) is 2.39. The van der Waals surface area contributed by atoms with Gasteiger partial charge in [-0.3, -0.25) is 0 Å². The van der Waals surface area contributed by atoms with Crippen molar-refractivity contribution in [2.45, 2.75) is 13.5 Å². The number of ether oxygens (including phenoxy) is 1. The second kappa shape index (κ2) is 5.69. The van der Waals surface area contributed by atoms with Gasteiger partial charge < -0.3 is 4.74 Å². The molecule has 0 fully saturated rings. The third-order valence-electron chi connectivity index (χ3n) is 3.96. The number of fused-ring (bicyclic) bond motifs is 2. The molecule has 23 heavy (non-hydrogen) atoms. The van der Waals surface area contributed by atoms with Crippen LogP contribution in [-0.2, 0) is 6.61 Å². The maximum atomic E-state index is 6.03. The standard InChI is InChI=1S/C20H16N2O/c1-14-19(22-18-11-5-4-10-17(18)21-14)13-23-20-12-6-8-15-7-2-3-9-16(15)20/h2-12H,13H2,1H3. The van der Waals surface area contributed by atoms with Crippen molar-refractivity contribution in [2.24, 2.45) is 0 Å². The molecule has 0 unspecified atom stereocenters. The summed E-state index contributed by atoms with van der Waals surface area (Å²) in [6, 6.07) is 22.2. The van der Waals surface area contributed by atoms with Crippen LogP contribution in [0, 0.1) is 6.92 Å². The van der Waals surface area contributed by atoms with Crippen LogP contribution in [0.4, 0.5) is 0 Å². The fourth-order valence-electron chi connectivity index (χ4n) is 2.73. The van der Waals surface area contributed by atoms with E-state index in [2.05, 4.69) is 28.2 Å². The number of aryl methyl sites for hydroxylation is 1. The highest BCUT2D eigenvalue weighted by atomic mass is 16.5. The summed E-state index contributed by atoms with van der Waals surface area (Å²) < 4.78 is 6.03. The fourth-order valence-corrected chi connectivity index (χ4v) is 2.73. The highest BCUT2D eigenvalue weighted by Gasteiger charge is 2.07. The maximum absolute atomic E-state index is 6.03. The molecule has 4 aromatic rings. The number of benzene rings is 3. The van der Waals surface area contributed by atoms with E-state index in [0.717, 1.165) is 33.6 Å². The Bertz CT molecular complexity index is 990. The Morgan fingerprint density at radius 2 is 1.48 bits per heavy atom. The summed E-state index contributed by atoms with van der Waals surface area (Å²) in [6.07, 6.45) is 0. The van der Waals surface area contributed by atoms with Gasteiger partial charge in [-0.05, 0) is 30.5 Å². The zero-order valence-electron chi connectivity index (χ0n) is 12.9. The van der Waals surface area contributed by atoms with Crippen LogP contribution in [0.2, 0.25) is 0 Å². The molecule has 0 atom stereocenters. The SMILES string of the molecule is Cc1nc2ccccc2nc1COc1cccc2ccccc12. The van der Waals surface area contributed by atoms with Crippen LogP contribution >= 0.6 is 0 Å². The molecule has 0 aliphatic rings. The topological polar surface area (TPSA) is 35.0 Å². The van der Waals surface area contributed by atoms with Crippen molar-refractivity contribution in [3.63, 3.8) is 0 Å². The Labute approximate surface area is 134 Å². The van der Waals surface area contributed by atoms with Gasteiger partial charge in [0, 0.05) is 5.39 Å². The van der Waals surface area contributed by atoms with Gasteiger partial charge in [-0.1, -0.05) is 48.5 Å². The quantitative estimate of drug-likeness (QED) is 0.551. The van der Waals surface area contributed by atoms with E-state index in [1.165, 1.54) is 5.39 Å². The maximum Gasteiger partial charge on any atom is 0.132 e. The van der Waals surface area contributed by atoms with Crippen LogP contribution in [-0.4, -0.2) is 9.97 Å². The van der Waals surface area contributed by atoms with Crippen molar-refractivity contribution in [2.75, 3.05) is 0 Å². The van der Waals surface area contributed by atoms with Gasteiger partial charge in [0.2, 0.25) is 0 Å². The molecule has 0 saturated heterocycles. The van der Waals surface area contributed by atoms with Crippen molar-refractivity contribution >= 4 is 21.8 Å². The van der Waals surface area contributed by atoms with Crippen molar-refractivity contribution in [3.8, 4) is 5.75 Å². The number of hydrogen-bond acceptors (Lipinski definition) is 3. The van der Waals surface area contributed by atoms with Gasteiger partial charge in [-0.25, -0.2) is 9.97 Å². The van der Waals surface area contributed by atoms with Gasteiger partial charge in [0.15, 0.2) is 0 Å². The van der Waals surface area contributed by atoms with Crippen LogP contribution in [0.1, 0.15) is 11.4 Å². The smallest absolute Gasteiger partial charge is 0.132 e. The zero-order chi connectivity index (χ0) is 15.6. The first-order valence-electron chi connectivity index (χ1n) is 7.64. The average Bonchev–Trinajstić information content (AvgIpc) is 2.60. The van der Waals surface area contributed by atoms with Crippen molar-refractivity contribution in [3.05, 3.63) is 78.1 Å². The van der Waals surface area contributed by atoms with Crippen molar-refractivity contribution in [1.82, 2.24) is 9.97 Å². The van der Waals surface area contributed by atoms with Gasteiger partial charge in [-0.15, -0.1) is 0 Å². The van der Waals surface area contributed by atoms with E-state index in [0.29, 0.717) is 6.61 Å². The second-order valence-electron chi connectivity index (χ2n) is 5.51. The lowest BCUT2D eigenvalue weighted by Crippen LogP contribution is -2.03. The van der Waals surface area contributed by atoms with Gasteiger partial charge in [0.1, 0.15) is 12.4 Å². The summed E-state index contributed by atoms with van der Waals surface area (Å²) >= 11 is 0. The Morgan fingerprint density at radius 1 is 0.783 bits per heavy atom. The molecule has 4 rings (SSSR count). The summed E-state index contributed by atoms with van der Waals surface area (Å²) in [7, 11) is 0. The first-order valence-corrected chi connectivity index (χ1v) is 7.64. The molecule has 0 radical (unpaired) electrons. The van der Waals surface area contributed by atoms with E-state index in [-0.39, 0.29) is 0 Å². The number of rotatable bonds is 3. The highest BCUT2D eigenvalue weighted by molar-refractivity contribution is 5.88. The van der Waals surface area contributed by atoms with Gasteiger partial charge >= 0.3 is 0 Å². The molecule has 1 aromatic heterocycles. The predicted molar refractivity (Wildman–Crippen MR) is 92.6 cm³/mol. The van der Waals surface area contributed by atoms with Crippen LogP contribution in [0.5, 0.6) is 5.75 Å². The molecule has 112 valence electrons. The normalized spacial score (nSPS) is 11.0. The fraction of sp³-hybridized carbons (Fsp3) is 0.100. The van der Waals surface area contributed by atoms with Gasteiger partial charge in [0.05, 0.1) is 22.4 Å². The molecule has 0 aliphatic heterocycles. The first-order chi connectivity index (χ1) is 11.3. The van der Waals surface area contributed by atoms with Crippen molar-refractivity contribution in [1.29, 1.82) is 0 Å². The van der Waals surface area contributed by atoms with E-state index < -0.39 is 0 Å². The van der Waals surface area contributed by atoms with Gasteiger partial charge in [-0.2, -0.15) is 0 Å². The predicted octanol–water partition coefficient (Wildman–Crippen LogP) is 4.67. The molecule has 0 N–H and O–H groups in total. The van der Waals surface area contributed by atoms with Gasteiger partial charge in [0.25, 0.3) is 0 Å². The molecule has 0 bridgehead atoms. The summed E-state index contributed by atoms with van der Waals surface area (Å²) in [4.78, 5) is 9.29. The average molecular weight is 300 g/mol. The molecule has 3 heteroatoms. The minimum atomic E-state index is 0.414. The molecular formula is C20H16N2O. The Balaban J connectivity index is 1.67. The molecule has 3 aromatic carbocycles. The Kier molecular flexibility index (Phi) is 3.39. The second-order valence-corrected chi connectivity index (χ2v) is 5.51. The molecule has 1 heterocycles. The first kappa shape index (κ1) is 13.7. The summed E-state index contributed by atoms with van der Waals surface area (Å²) in [5.74, 6) is 0.873. The third kappa shape index (κ3) is 2.61. The van der Waals surface area contributed by atoms with E-state index >= 15 is 0 Å². The minimum absolute atomic E-state index is 0.414. The number of hydrogen-bond donors (Lipinski definition) is 0. The monoisotopic (exact) mass is 300 g/mol. The van der Waals surface area contributed by atoms with Crippen LogP contribution in [0.3, 0.4) is 0 Å². The van der Waals surface area contributed by atoms with E-state index in [1.807, 2.05) is 55.5 Å². The lowest BCUT2D eigenvalue weighted by molar-refractivity contribution is 0.304. The Morgan fingerprint density at radius 3 is 2.35 bits per heavy atom. The number of nitrogens with zero attached hydrogens (tertiary/aromatic N) is 2. The van der Waals surface area contributed by atoms with E-state index in [4.69, 9.17) is 4.74 Å².